The largest absolute Gasteiger partial charge is 0.478 e. The summed E-state index contributed by atoms with van der Waals surface area (Å²) in [6.07, 6.45) is 0. The number of nitrogens with zero attached hydrogens (tertiary/aromatic N) is 1. The Bertz CT molecular complexity index is 871. The van der Waals surface area contributed by atoms with Gasteiger partial charge in [-0.05, 0) is 30.7 Å². The first-order valence-electron chi connectivity index (χ1n) is 6.15. The number of aromatic nitrogens is 2. The number of carboxylic acids is 1. The van der Waals surface area contributed by atoms with Crippen LogP contribution in [0.25, 0.3) is 22.4 Å². The Morgan fingerprint density at radius 3 is 2.62 bits per heavy atom. The van der Waals surface area contributed by atoms with Gasteiger partial charge in [0.1, 0.15) is 5.82 Å². The van der Waals surface area contributed by atoms with Crippen LogP contribution in [0, 0.1) is 18.6 Å². The fourth-order valence-corrected chi connectivity index (χ4v) is 2.22. The van der Waals surface area contributed by atoms with Crippen molar-refractivity contribution in [3.63, 3.8) is 0 Å². The molecule has 0 aliphatic rings. The number of carbonyl (C=O) groups is 1. The van der Waals surface area contributed by atoms with Gasteiger partial charge in [-0.2, -0.15) is 0 Å². The number of H-pyrrole nitrogens is 1. The molecule has 0 aliphatic carbocycles. The lowest BCUT2D eigenvalue weighted by Gasteiger charge is -2.04. The van der Waals surface area contributed by atoms with E-state index >= 15 is 0 Å². The molecule has 0 atom stereocenters. The van der Waals surface area contributed by atoms with Crippen LogP contribution < -0.4 is 0 Å². The summed E-state index contributed by atoms with van der Waals surface area (Å²) in [5.74, 6) is -3.48. The fraction of sp³-hybridized carbons (Fsp3) is 0.0667. The molecule has 21 heavy (non-hydrogen) atoms. The van der Waals surface area contributed by atoms with Crippen LogP contribution in [0.4, 0.5) is 8.78 Å². The molecule has 0 aliphatic heterocycles. The Labute approximate surface area is 118 Å². The first-order chi connectivity index (χ1) is 9.97. The lowest BCUT2D eigenvalue weighted by atomic mass is 10.1. The standard InChI is InChI=1S/C15H10F2N2O2/c1-7-3-2-4-12-13(7)19-14(18-12)8-5-10(16)11(17)6-9(8)15(20)21/h2-6H,1H3,(H,18,19)(H,20,21). The van der Waals surface area contributed by atoms with Crippen LogP contribution in [0.5, 0.6) is 0 Å². The van der Waals surface area contributed by atoms with E-state index in [0.717, 1.165) is 11.6 Å². The molecule has 2 aromatic carbocycles. The number of hydrogen-bond acceptors (Lipinski definition) is 2. The molecule has 6 heteroatoms. The lowest BCUT2D eigenvalue weighted by Crippen LogP contribution is -2.03. The number of halogens is 2. The minimum absolute atomic E-state index is 0.0111. The van der Waals surface area contributed by atoms with Crippen molar-refractivity contribution in [1.82, 2.24) is 9.97 Å². The number of aryl methyl sites for hydroxylation is 1. The molecule has 0 saturated carbocycles. The van der Waals surface area contributed by atoms with Crippen LogP contribution in [0.1, 0.15) is 15.9 Å². The van der Waals surface area contributed by atoms with E-state index in [4.69, 9.17) is 5.11 Å². The van der Waals surface area contributed by atoms with Crippen LogP contribution in [-0.4, -0.2) is 21.0 Å². The summed E-state index contributed by atoms with van der Waals surface area (Å²) in [4.78, 5) is 18.4. The third kappa shape index (κ3) is 2.14. The second-order valence-electron chi connectivity index (χ2n) is 4.67. The third-order valence-electron chi connectivity index (χ3n) is 3.26. The number of nitrogens with one attached hydrogen (secondary N) is 1. The molecule has 3 aromatic rings. The molecule has 0 spiro atoms. The molecule has 0 saturated heterocycles. The van der Waals surface area contributed by atoms with E-state index in [9.17, 15) is 13.6 Å². The van der Waals surface area contributed by atoms with Crippen molar-refractivity contribution < 1.29 is 18.7 Å². The summed E-state index contributed by atoms with van der Waals surface area (Å²) in [5.41, 5.74) is 1.93. The summed E-state index contributed by atoms with van der Waals surface area (Å²) in [7, 11) is 0. The van der Waals surface area contributed by atoms with Gasteiger partial charge < -0.3 is 10.1 Å². The first-order valence-corrected chi connectivity index (χ1v) is 6.15. The zero-order chi connectivity index (χ0) is 15.1. The highest BCUT2D eigenvalue weighted by molar-refractivity contribution is 5.96. The molecule has 1 heterocycles. The summed E-state index contributed by atoms with van der Waals surface area (Å²) in [5, 5.41) is 9.14. The van der Waals surface area contributed by atoms with Gasteiger partial charge >= 0.3 is 5.97 Å². The smallest absolute Gasteiger partial charge is 0.336 e. The maximum absolute atomic E-state index is 13.4. The van der Waals surface area contributed by atoms with E-state index in [1.54, 1.807) is 6.07 Å². The number of aromatic amines is 1. The summed E-state index contributed by atoms with van der Waals surface area (Å²) in [6.45, 7) is 1.86. The van der Waals surface area contributed by atoms with Crippen LogP contribution >= 0.6 is 0 Å². The van der Waals surface area contributed by atoms with Crippen molar-refractivity contribution in [3.05, 3.63) is 53.1 Å². The maximum atomic E-state index is 13.4. The average molecular weight is 288 g/mol. The van der Waals surface area contributed by atoms with Gasteiger partial charge in [-0.15, -0.1) is 0 Å². The molecule has 2 N–H and O–H groups in total. The lowest BCUT2D eigenvalue weighted by molar-refractivity contribution is 0.0697. The van der Waals surface area contributed by atoms with Crippen molar-refractivity contribution in [3.8, 4) is 11.4 Å². The van der Waals surface area contributed by atoms with E-state index in [-0.39, 0.29) is 17.0 Å². The van der Waals surface area contributed by atoms with Gasteiger partial charge in [0.15, 0.2) is 11.6 Å². The Kier molecular flexibility index (Phi) is 2.94. The summed E-state index contributed by atoms with van der Waals surface area (Å²) >= 11 is 0. The predicted molar refractivity (Wildman–Crippen MR) is 73.1 cm³/mol. The predicted octanol–water partition coefficient (Wildman–Crippen LogP) is 3.51. The summed E-state index contributed by atoms with van der Waals surface area (Å²) < 4.78 is 26.7. The molecule has 3 rings (SSSR count). The van der Waals surface area contributed by atoms with Crippen molar-refractivity contribution in [2.24, 2.45) is 0 Å². The molecule has 0 unspecified atom stereocenters. The van der Waals surface area contributed by atoms with Crippen LogP contribution in [0.3, 0.4) is 0 Å². The Morgan fingerprint density at radius 2 is 1.95 bits per heavy atom. The van der Waals surface area contributed by atoms with Gasteiger partial charge in [0, 0.05) is 5.56 Å². The summed E-state index contributed by atoms with van der Waals surface area (Å²) in [6, 6.07) is 6.96. The van der Waals surface area contributed by atoms with E-state index in [1.807, 2.05) is 19.1 Å². The number of fused-ring (bicyclic) bond motifs is 1. The van der Waals surface area contributed by atoms with Crippen molar-refractivity contribution >= 4 is 17.0 Å². The van der Waals surface area contributed by atoms with Gasteiger partial charge in [0.2, 0.25) is 0 Å². The molecule has 0 radical (unpaired) electrons. The number of carboxylic acid groups (broad SMARTS) is 1. The highest BCUT2D eigenvalue weighted by Gasteiger charge is 2.19. The number of hydrogen-bond donors (Lipinski definition) is 2. The van der Waals surface area contributed by atoms with Crippen LogP contribution in [0.2, 0.25) is 0 Å². The molecule has 4 nitrogen and oxygen atoms in total. The van der Waals surface area contributed by atoms with E-state index < -0.39 is 17.6 Å². The molecule has 0 amide bonds. The van der Waals surface area contributed by atoms with Crippen molar-refractivity contribution in [1.29, 1.82) is 0 Å². The Balaban J connectivity index is 2.29. The minimum Gasteiger partial charge on any atom is -0.478 e. The number of para-hydroxylation sites is 1. The van der Waals surface area contributed by atoms with Gasteiger partial charge in [-0.3, -0.25) is 0 Å². The molecular formula is C15H10F2N2O2. The number of aromatic carboxylic acids is 1. The average Bonchev–Trinajstić information content (AvgIpc) is 2.86. The second-order valence-corrected chi connectivity index (χ2v) is 4.67. The van der Waals surface area contributed by atoms with E-state index in [0.29, 0.717) is 17.1 Å². The molecule has 1 aromatic heterocycles. The molecule has 0 bridgehead atoms. The van der Waals surface area contributed by atoms with Crippen LogP contribution in [0.15, 0.2) is 30.3 Å². The SMILES string of the molecule is Cc1cccc2[nH]c(-c3cc(F)c(F)cc3C(=O)O)nc12. The number of imidazole rings is 1. The highest BCUT2D eigenvalue weighted by Crippen LogP contribution is 2.27. The zero-order valence-corrected chi connectivity index (χ0v) is 10.9. The van der Waals surface area contributed by atoms with Gasteiger partial charge in [0.25, 0.3) is 0 Å². The second kappa shape index (κ2) is 4.66. The first kappa shape index (κ1) is 13.2. The normalized spacial score (nSPS) is 11.0. The zero-order valence-electron chi connectivity index (χ0n) is 10.9. The molecule has 0 fully saturated rings. The molecular weight excluding hydrogens is 278 g/mol. The van der Waals surface area contributed by atoms with E-state index in [2.05, 4.69) is 9.97 Å². The third-order valence-corrected chi connectivity index (χ3v) is 3.26. The highest BCUT2D eigenvalue weighted by atomic mass is 19.2. The minimum atomic E-state index is -1.35. The fourth-order valence-electron chi connectivity index (χ4n) is 2.22. The Morgan fingerprint density at radius 1 is 1.24 bits per heavy atom. The number of rotatable bonds is 2. The van der Waals surface area contributed by atoms with Gasteiger partial charge in [-0.1, -0.05) is 12.1 Å². The van der Waals surface area contributed by atoms with Gasteiger partial charge in [0.05, 0.1) is 16.6 Å². The quantitative estimate of drug-likeness (QED) is 0.758. The topological polar surface area (TPSA) is 66.0 Å². The van der Waals surface area contributed by atoms with Crippen LogP contribution in [-0.2, 0) is 0 Å². The maximum Gasteiger partial charge on any atom is 0.336 e. The van der Waals surface area contributed by atoms with Crippen molar-refractivity contribution in [2.75, 3.05) is 0 Å². The van der Waals surface area contributed by atoms with Crippen molar-refractivity contribution in [2.45, 2.75) is 6.92 Å². The molecule has 106 valence electrons. The van der Waals surface area contributed by atoms with Gasteiger partial charge in [-0.25, -0.2) is 18.6 Å². The van der Waals surface area contributed by atoms with E-state index in [1.165, 1.54) is 0 Å². The number of benzene rings is 2. The monoisotopic (exact) mass is 288 g/mol. The Hall–Kier alpha value is -2.76.